The number of likely N-dealkylation sites (tertiary alicyclic amines) is 3. The third-order valence-corrected chi connectivity index (χ3v) is 8.06. The number of fused-ring (bicyclic) bond motifs is 3. The molecule has 0 spiro atoms. The number of nitrogens with zero attached hydrogens (tertiary/aromatic N) is 4. The molecule has 3 saturated heterocycles. The molecule has 1 N–H and O–H groups in total. The maximum Gasteiger partial charge on any atom is 0.240 e. The van der Waals surface area contributed by atoms with Crippen molar-refractivity contribution < 1.29 is 18.4 Å². The highest BCUT2D eigenvalue weighted by molar-refractivity contribution is 7.80. The third kappa shape index (κ3) is 3.92. The Balaban J connectivity index is 1.24. The number of hydrogen-bond donors (Lipinski definition) is 1. The predicted molar refractivity (Wildman–Crippen MR) is 120 cm³/mol. The number of aryl methyl sites for hydroxylation is 1. The van der Waals surface area contributed by atoms with Crippen molar-refractivity contribution in [3.63, 3.8) is 0 Å². The van der Waals surface area contributed by atoms with Gasteiger partial charge in [-0.25, -0.2) is 0 Å². The van der Waals surface area contributed by atoms with E-state index in [-0.39, 0.29) is 41.9 Å². The second-order valence-electron chi connectivity index (χ2n) is 9.63. The van der Waals surface area contributed by atoms with Crippen LogP contribution in [0.25, 0.3) is 0 Å². The Kier molecular flexibility index (Phi) is 5.89. The number of piperazine rings is 1. The van der Waals surface area contributed by atoms with Crippen molar-refractivity contribution in [2.45, 2.75) is 63.2 Å². The molecule has 1 aromatic rings. The predicted octanol–water partition coefficient (Wildman–Crippen LogP) is 1.32. The van der Waals surface area contributed by atoms with E-state index in [9.17, 15) is 23.6 Å². The van der Waals surface area contributed by atoms with Gasteiger partial charge in [0.1, 0.15) is 6.04 Å². The van der Waals surface area contributed by atoms with E-state index in [4.69, 9.17) is 0 Å². The quantitative estimate of drug-likeness (QED) is 0.626. The molecular weight excluding hydrogens is 442 g/mol. The van der Waals surface area contributed by atoms with E-state index >= 15 is 0 Å². The van der Waals surface area contributed by atoms with Crippen molar-refractivity contribution in [3.8, 4) is 6.07 Å². The van der Waals surface area contributed by atoms with Crippen molar-refractivity contribution >= 4 is 28.8 Å². The van der Waals surface area contributed by atoms with E-state index in [0.29, 0.717) is 18.8 Å². The molecule has 2 bridgehead atoms. The molecule has 2 amide bonds. The summed E-state index contributed by atoms with van der Waals surface area (Å²) in [5.74, 6) is -0.105. The van der Waals surface area contributed by atoms with Crippen molar-refractivity contribution in [2.75, 3.05) is 24.4 Å². The number of hydrogen-bond acceptors (Lipinski definition) is 6. The number of anilines is 1. The summed E-state index contributed by atoms with van der Waals surface area (Å²) >= 11 is -2.36. The molecule has 3 fully saturated rings. The van der Waals surface area contributed by atoms with Crippen LogP contribution in [0.4, 0.5) is 5.69 Å². The highest BCUT2D eigenvalue weighted by Gasteiger charge is 2.53. The van der Waals surface area contributed by atoms with Gasteiger partial charge in [0.15, 0.2) is 0 Å². The molecule has 6 atom stereocenters. The second-order valence-corrected chi connectivity index (χ2v) is 10.3. The summed E-state index contributed by atoms with van der Waals surface area (Å²) in [7, 11) is 0. The number of carbonyl (C=O) groups is 2. The van der Waals surface area contributed by atoms with Crippen LogP contribution in [0.1, 0.15) is 49.8 Å². The summed E-state index contributed by atoms with van der Waals surface area (Å²) < 4.78 is 24.2. The van der Waals surface area contributed by atoms with Crippen LogP contribution in [0.3, 0.4) is 0 Å². The lowest BCUT2D eigenvalue weighted by Gasteiger charge is -2.38. The highest BCUT2D eigenvalue weighted by Crippen LogP contribution is 2.44. The maximum atomic E-state index is 13.3. The van der Waals surface area contributed by atoms with Crippen molar-refractivity contribution in [3.05, 3.63) is 29.3 Å². The molecule has 3 heterocycles. The zero-order valence-corrected chi connectivity index (χ0v) is 19.4. The van der Waals surface area contributed by atoms with Gasteiger partial charge in [-0.2, -0.15) is 5.26 Å². The zero-order valence-electron chi connectivity index (χ0n) is 18.6. The minimum absolute atomic E-state index is 0.0132. The molecule has 3 aliphatic heterocycles. The van der Waals surface area contributed by atoms with E-state index in [0.717, 1.165) is 49.8 Å². The summed E-state index contributed by atoms with van der Waals surface area (Å²) in [5.41, 5.74) is 2.73. The van der Waals surface area contributed by atoms with E-state index in [2.05, 4.69) is 15.7 Å². The molecule has 5 rings (SSSR count). The van der Waals surface area contributed by atoms with Crippen LogP contribution in [0.2, 0.25) is 0 Å². The van der Waals surface area contributed by atoms with Crippen molar-refractivity contribution in [2.24, 2.45) is 5.92 Å². The smallest absolute Gasteiger partial charge is 0.240 e. The first-order valence-electron chi connectivity index (χ1n) is 11.6. The monoisotopic (exact) mass is 470 g/mol. The molecule has 10 heteroatoms. The van der Waals surface area contributed by atoms with Gasteiger partial charge in [-0.15, -0.1) is 0 Å². The number of rotatable bonds is 6. The van der Waals surface area contributed by atoms with Crippen LogP contribution in [-0.2, 0) is 27.3 Å². The molecule has 4 aliphatic rings. The van der Waals surface area contributed by atoms with Gasteiger partial charge in [-0.1, -0.05) is 13.0 Å². The fraction of sp³-hybridized carbons (Fsp3) is 0.609. The van der Waals surface area contributed by atoms with Gasteiger partial charge < -0.3 is 19.1 Å². The Morgan fingerprint density at radius 3 is 2.91 bits per heavy atom. The summed E-state index contributed by atoms with van der Waals surface area (Å²) in [6, 6.07) is 7.41. The summed E-state index contributed by atoms with van der Waals surface area (Å²) in [5, 5.41) is 9.29. The van der Waals surface area contributed by atoms with Crippen molar-refractivity contribution in [1.82, 2.24) is 14.7 Å². The van der Waals surface area contributed by atoms with Gasteiger partial charge in [0.2, 0.25) is 11.8 Å². The topological polar surface area (TPSA) is 120 Å². The van der Waals surface area contributed by atoms with Crippen LogP contribution in [0.5, 0.6) is 0 Å². The number of nitrogens with one attached hydrogen (secondary N) is 1. The van der Waals surface area contributed by atoms with Gasteiger partial charge in [0.25, 0.3) is 0 Å². The Hall–Kier alpha value is -2.48. The molecule has 1 aromatic carbocycles. The molecule has 1 aliphatic carbocycles. The third-order valence-electron chi connectivity index (χ3n) is 7.66. The Labute approximate surface area is 196 Å². The standard InChI is InChI=1S/C23H29N5O4S/c1-14(22(29)27-8-2-3-17(27)11-24)12-26-13-18-10-21(26)23(30)28(18)20-7-4-15-9-16(25-33(31)32)5-6-19(15)20/h5-6,9,14,17-18,20-21,25H,2-4,7-8,10,12-13H2,1H3,(H,31,32)/p-1/t14-,17-,18-,20-,21-/m0/s1. The van der Waals surface area contributed by atoms with Crippen LogP contribution in [-0.4, -0.2) is 73.0 Å². The molecule has 9 nitrogen and oxygen atoms in total. The second kappa shape index (κ2) is 8.70. The minimum atomic E-state index is -2.36. The Bertz CT molecular complexity index is 1040. The Morgan fingerprint density at radius 2 is 2.18 bits per heavy atom. The lowest BCUT2D eigenvalue weighted by atomic mass is 10.0. The number of carbonyl (C=O) groups excluding carboxylic acids is 2. The van der Waals surface area contributed by atoms with Gasteiger partial charge in [-0.05, 0) is 55.4 Å². The largest absolute Gasteiger partial charge is 0.755 e. The van der Waals surface area contributed by atoms with Crippen molar-refractivity contribution in [1.29, 1.82) is 5.26 Å². The van der Waals surface area contributed by atoms with E-state index in [1.54, 1.807) is 11.0 Å². The van der Waals surface area contributed by atoms with E-state index in [1.807, 2.05) is 24.0 Å². The first-order valence-corrected chi connectivity index (χ1v) is 12.7. The number of nitriles is 1. The molecule has 0 aromatic heterocycles. The van der Waals surface area contributed by atoms with Gasteiger partial charge >= 0.3 is 0 Å². The van der Waals surface area contributed by atoms with Gasteiger partial charge in [0, 0.05) is 48.5 Å². The average Bonchev–Trinajstić information content (AvgIpc) is 3.55. The molecular formula is C23H28N5O4S-. The number of amides is 2. The van der Waals surface area contributed by atoms with E-state index < -0.39 is 11.3 Å². The zero-order chi connectivity index (χ0) is 23.3. The number of benzene rings is 1. The summed E-state index contributed by atoms with van der Waals surface area (Å²) in [6.07, 6.45) is 4.05. The SMILES string of the molecule is C[C@@H](CN1C[C@@H]2C[C@H]1C(=O)N2[C@H]1CCc2cc(NS(=O)[O-])ccc21)C(=O)N1CCC[C@H]1C#N. The summed E-state index contributed by atoms with van der Waals surface area (Å²) in [6.45, 7) is 3.84. The molecule has 33 heavy (non-hydrogen) atoms. The average molecular weight is 471 g/mol. The van der Waals surface area contributed by atoms with E-state index in [1.165, 1.54) is 0 Å². The normalized spacial score (nSPS) is 30.4. The first-order chi connectivity index (χ1) is 15.9. The first kappa shape index (κ1) is 22.3. The van der Waals surface area contributed by atoms with Gasteiger partial charge in [0.05, 0.1) is 18.2 Å². The van der Waals surface area contributed by atoms with Crippen LogP contribution in [0.15, 0.2) is 18.2 Å². The van der Waals surface area contributed by atoms with Crippen LogP contribution < -0.4 is 4.72 Å². The molecule has 0 saturated carbocycles. The van der Waals surface area contributed by atoms with Crippen LogP contribution in [0, 0.1) is 17.2 Å². The summed E-state index contributed by atoms with van der Waals surface area (Å²) in [4.78, 5) is 32.1. The minimum Gasteiger partial charge on any atom is -0.755 e. The fourth-order valence-corrected chi connectivity index (χ4v) is 6.54. The van der Waals surface area contributed by atoms with Gasteiger partial charge in [-0.3, -0.25) is 18.7 Å². The Morgan fingerprint density at radius 1 is 1.36 bits per heavy atom. The molecule has 1 unspecified atom stereocenters. The molecule has 0 radical (unpaired) electrons. The lowest BCUT2D eigenvalue weighted by Crippen LogP contribution is -2.53. The fourth-order valence-electron chi connectivity index (χ4n) is 6.22. The lowest BCUT2D eigenvalue weighted by molar-refractivity contribution is -0.142. The molecule has 176 valence electrons. The maximum absolute atomic E-state index is 13.3. The highest BCUT2D eigenvalue weighted by atomic mass is 32.2. The van der Waals surface area contributed by atoms with Crippen LogP contribution >= 0.6 is 0 Å².